The first kappa shape index (κ1) is 25.1. The van der Waals surface area contributed by atoms with E-state index in [4.69, 9.17) is 14.6 Å². The number of rotatable bonds is 5. The van der Waals surface area contributed by atoms with Crippen molar-refractivity contribution in [3.63, 3.8) is 0 Å². The quantitative estimate of drug-likeness (QED) is 0.497. The second kappa shape index (κ2) is 15.4. The van der Waals surface area contributed by atoms with Crippen molar-refractivity contribution in [3.8, 4) is 0 Å². The number of allylic oxidation sites excluding steroid dienone is 2. The van der Waals surface area contributed by atoms with E-state index in [-0.39, 0.29) is 5.92 Å². The molecule has 1 unspecified atom stereocenters. The molecule has 0 spiro atoms. The fraction of sp³-hybridized carbons (Fsp3) is 0.500. The number of esters is 2. The van der Waals surface area contributed by atoms with Crippen LogP contribution in [0.3, 0.4) is 0 Å². The molecule has 1 aromatic carbocycles. The number of aliphatic hydroxyl groups excluding tert-OH is 1. The molecule has 0 amide bonds. The normalized spacial score (nSPS) is 10.9. The number of aryl methyl sites for hydroxylation is 1. The second-order valence-corrected chi connectivity index (χ2v) is 5.12. The Morgan fingerprint density at radius 1 is 1.00 bits per heavy atom. The summed E-state index contributed by atoms with van der Waals surface area (Å²) in [7, 11) is 3.56. The van der Waals surface area contributed by atoms with Crippen LogP contribution in [0.4, 0.5) is 0 Å². The van der Waals surface area contributed by atoms with Crippen molar-refractivity contribution in [1.29, 1.82) is 0 Å². The zero-order chi connectivity index (χ0) is 19.8. The zero-order valence-corrected chi connectivity index (χ0v) is 16.4. The van der Waals surface area contributed by atoms with Crippen LogP contribution in [-0.2, 0) is 19.1 Å². The Bertz CT molecular complexity index is 485. The molecule has 1 atom stereocenters. The van der Waals surface area contributed by atoms with Gasteiger partial charge in [0.1, 0.15) is 0 Å². The summed E-state index contributed by atoms with van der Waals surface area (Å²) in [6.45, 7) is 7.92. The van der Waals surface area contributed by atoms with E-state index in [0.29, 0.717) is 6.42 Å². The maximum atomic E-state index is 11.8. The van der Waals surface area contributed by atoms with Gasteiger partial charge in [-0.15, -0.1) is 0 Å². The topological polar surface area (TPSA) is 72.8 Å². The molecule has 0 saturated carbocycles. The molecule has 1 aromatic rings. The highest BCUT2D eigenvalue weighted by Crippen LogP contribution is 2.30. The molecule has 0 bridgehead atoms. The summed E-state index contributed by atoms with van der Waals surface area (Å²) in [5.41, 5.74) is 2.07. The standard InChI is InChI=1S/C15H20O4.C4H8.CH4O/c1-5-12(11-8-6-10(2)7-9-11)13(14(16)18-3)15(17)19-4;1-3-4-2;1-2/h6-9,12-13H,5H2,1-4H3;3-4H,1-2H3;2H,1H3/b;4-3-;. The molecular formula is C20H32O5. The summed E-state index contributed by atoms with van der Waals surface area (Å²) in [6.07, 6.45) is 4.65. The Morgan fingerprint density at radius 3 is 1.68 bits per heavy atom. The Balaban J connectivity index is 0. The van der Waals surface area contributed by atoms with E-state index in [1.54, 1.807) is 0 Å². The first-order valence-corrected chi connectivity index (χ1v) is 8.20. The summed E-state index contributed by atoms with van der Waals surface area (Å²) in [5, 5.41) is 7.00. The Morgan fingerprint density at radius 2 is 1.40 bits per heavy atom. The lowest BCUT2D eigenvalue weighted by Crippen LogP contribution is -2.32. The maximum absolute atomic E-state index is 11.8. The predicted molar refractivity (Wildman–Crippen MR) is 100 cm³/mol. The molecule has 0 saturated heterocycles. The minimum Gasteiger partial charge on any atom is -0.468 e. The van der Waals surface area contributed by atoms with Gasteiger partial charge < -0.3 is 14.6 Å². The fourth-order valence-corrected chi connectivity index (χ4v) is 2.16. The van der Waals surface area contributed by atoms with Crippen LogP contribution in [-0.4, -0.2) is 38.4 Å². The van der Waals surface area contributed by atoms with Gasteiger partial charge in [0.25, 0.3) is 0 Å². The Kier molecular flexibility index (Phi) is 15.5. The van der Waals surface area contributed by atoms with Gasteiger partial charge in [0.2, 0.25) is 0 Å². The molecule has 1 rings (SSSR count). The van der Waals surface area contributed by atoms with Crippen LogP contribution >= 0.6 is 0 Å². The van der Waals surface area contributed by atoms with Crippen molar-refractivity contribution >= 4 is 11.9 Å². The number of carbonyl (C=O) groups is 2. The molecule has 142 valence electrons. The van der Waals surface area contributed by atoms with E-state index in [0.717, 1.165) is 18.2 Å². The maximum Gasteiger partial charge on any atom is 0.320 e. The van der Waals surface area contributed by atoms with Crippen LogP contribution in [0.5, 0.6) is 0 Å². The molecule has 1 N–H and O–H groups in total. The second-order valence-electron chi connectivity index (χ2n) is 5.12. The lowest BCUT2D eigenvalue weighted by molar-refractivity contribution is -0.160. The molecule has 5 heteroatoms. The van der Waals surface area contributed by atoms with Crippen LogP contribution in [0.2, 0.25) is 0 Å². The van der Waals surface area contributed by atoms with E-state index >= 15 is 0 Å². The van der Waals surface area contributed by atoms with E-state index < -0.39 is 17.9 Å². The van der Waals surface area contributed by atoms with Crippen molar-refractivity contribution in [3.05, 3.63) is 47.5 Å². The van der Waals surface area contributed by atoms with Gasteiger partial charge in [-0.25, -0.2) is 0 Å². The van der Waals surface area contributed by atoms with Crippen molar-refractivity contribution in [2.75, 3.05) is 21.3 Å². The third kappa shape index (κ3) is 9.05. The summed E-state index contributed by atoms with van der Waals surface area (Å²) < 4.78 is 9.45. The lowest BCUT2D eigenvalue weighted by Gasteiger charge is -2.22. The van der Waals surface area contributed by atoms with E-state index in [1.807, 2.05) is 64.1 Å². The van der Waals surface area contributed by atoms with Crippen LogP contribution in [0.15, 0.2) is 36.4 Å². The molecule has 5 nitrogen and oxygen atoms in total. The van der Waals surface area contributed by atoms with Crippen LogP contribution in [0, 0.1) is 12.8 Å². The molecule has 0 fully saturated rings. The third-order valence-corrected chi connectivity index (χ3v) is 3.59. The van der Waals surface area contributed by atoms with Crippen LogP contribution < -0.4 is 0 Å². The van der Waals surface area contributed by atoms with Gasteiger partial charge in [-0.05, 0) is 32.8 Å². The number of aliphatic hydroxyl groups is 1. The number of hydrogen-bond acceptors (Lipinski definition) is 5. The number of methoxy groups -OCH3 is 2. The van der Waals surface area contributed by atoms with Crippen LogP contribution in [0.1, 0.15) is 44.2 Å². The molecule has 0 aliphatic heterocycles. The minimum atomic E-state index is -0.914. The minimum absolute atomic E-state index is 0.236. The van der Waals surface area contributed by atoms with Crippen molar-refractivity contribution in [2.24, 2.45) is 5.92 Å². The molecule has 0 radical (unpaired) electrons. The van der Waals surface area contributed by atoms with Gasteiger partial charge in [0.05, 0.1) is 14.2 Å². The number of hydrogen-bond donors (Lipinski definition) is 1. The van der Waals surface area contributed by atoms with Gasteiger partial charge in [-0.1, -0.05) is 48.9 Å². The third-order valence-electron chi connectivity index (χ3n) is 3.59. The van der Waals surface area contributed by atoms with Gasteiger partial charge in [-0.2, -0.15) is 0 Å². The monoisotopic (exact) mass is 352 g/mol. The Labute approximate surface area is 151 Å². The largest absolute Gasteiger partial charge is 0.468 e. The first-order chi connectivity index (χ1) is 12.0. The van der Waals surface area contributed by atoms with E-state index in [1.165, 1.54) is 14.2 Å². The van der Waals surface area contributed by atoms with E-state index in [9.17, 15) is 9.59 Å². The predicted octanol–water partition coefficient (Wildman–Crippen LogP) is 3.64. The smallest absolute Gasteiger partial charge is 0.320 e. The zero-order valence-electron chi connectivity index (χ0n) is 16.4. The van der Waals surface area contributed by atoms with Crippen molar-refractivity contribution in [2.45, 2.75) is 40.0 Å². The lowest BCUT2D eigenvalue weighted by atomic mass is 9.83. The molecule has 0 aromatic heterocycles. The van der Waals surface area contributed by atoms with Crippen molar-refractivity contribution in [1.82, 2.24) is 0 Å². The SMILES string of the molecule is C/C=C\C.CCC(c1ccc(C)cc1)C(C(=O)OC)C(=O)OC.CO. The van der Waals surface area contributed by atoms with Gasteiger partial charge in [-0.3, -0.25) is 9.59 Å². The van der Waals surface area contributed by atoms with Gasteiger partial charge >= 0.3 is 11.9 Å². The molecule has 0 aliphatic carbocycles. The summed E-state index contributed by atoms with van der Waals surface area (Å²) in [6, 6.07) is 7.79. The summed E-state index contributed by atoms with van der Waals surface area (Å²) in [4.78, 5) is 23.7. The summed E-state index contributed by atoms with van der Waals surface area (Å²) >= 11 is 0. The molecule has 0 aliphatic rings. The molecule has 25 heavy (non-hydrogen) atoms. The molecule has 0 heterocycles. The van der Waals surface area contributed by atoms with Gasteiger partial charge in [0, 0.05) is 13.0 Å². The Hall–Kier alpha value is -2.14. The fourth-order valence-electron chi connectivity index (χ4n) is 2.16. The average Bonchev–Trinajstić information content (AvgIpc) is 2.67. The number of benzene rings is 1. The number of carbonyl (C=O) groups excluding carboxylic acids is 2. The highest BCUT2D eigenvalue weighted by atomic mass is 16.5. The highest BCUT2D eigenvalue weighted by molar-refractivity contribution is 5.96. The number of ether oxygens (including phenoxy) is 2. The summed E-state index contributed by atoms with van der Waals surface area (Å²) in [5.74, 6) is -2.26. The first-order valence-electron chi connectivity index (χ1n) is 8.20. The average molecular weight is 352 g/mol. The van der Waals surface area contributed by atoms with Gasteiger partial charge in [0.15, 0.2) is 5.92 Å². The van der Waals surface area contributed by atoms with E-state index in [2.05, 4.69) is 0 Å². The van der Waals surface area contributed by atoms with Crippen molar-refractivity contribution < 1.29 is 24.2 Å². The van der Waals surface area contributed by atoms with Crippen LogP contribution in [0.25, 0.3) is 0 Å². The molecular weight excluding hydrogens is 320 g/mol. The highest BCUT2D eigenvalue weighted by Gasteiger charge is 2.36.